The molecule has 18 heavy (non-hydrogen) atoms. The van der Waals surface area contributed by atoms with Crippen LogP contribution in [0.15, 0.2) is 0 Å². The molecule has 2 atom stereocenters. The first kappa shape index (κ1) is 16.9. The van der Waals surface area contributed by atoms with Gasteiger partial charge in [-0.2, -0.15) is 0 Å². The summed E-state index contributed by atoms with van der Waals surface area (Å²) in [5, 5.41) is 2.69. The Morgan fingerprint density at radius 1 is 1.22 bits per heavy atom. The fourth-order valence-corrected chi connectivity index (χ4v) is 1.94. The van der Waals surface area contributed by atoms with Crippen molar-refractivity contribution in [3.8, 4) is 0 Å². The van der Waals surface area contributed by atoms with E-state index in [1.165, 1.54) is 0 Å². The highest BCUT2D eigenvalue weighted by atomic mass is 16.2. The lowest BCUT2D eigenvalue weighted by atomic mass is 9.96. The van der Waals surface area contributed by atoms with Crippen LogP contribution in [0.5, 0.6) is 0 Å². The van der Waals surface area contributed by atoms with Crippen molar-refractivity contribution in [3.05, 3.63) is 0 Å². The molecule has 5 heteroatoms. The minimum Gasteiger partial charge on any atom is -0.368 e. The molecular formula is C13H27N3O2. The highest BCUT2D eigenvalue weighted by Gasteiger charge is 2.21. The van der Waals surface area contributed by atoms with Crippen LogP contribution in [-0.2, 0) is 9.59 Å². The van der Waals surface area contributed by atoms with Crippen LogP contribution in [0, 0.1) is 11.8 Å². The first-order valence-corrected chi connectivity index (χ1v) is 6.71. The Morgan fingerprint density at radius 2 is 1.83 bits per heavy atom. The van der Waals surface area contributed by atoms with Crippen LogP contribution in [0.25, 0.3) is 0 Å². The molecule has 0 fully saturated rings. The maximum absolute atomic E-state index is 11.7. The van der Waals surface area contributed by atoms with Crippen LogP contribution in [-0.4, -0.2) is 24.4 Å². The van der Waals surface area contributed by atoms with Gasteiger partial charge in [-0.05, 0) is 31.2 Å². The summed E-state index contributed by atoms with van der Waals surface area (Å²) in [6.07, 6.45) is 3.19. The average Bonchev–Trinajstić information content (AvgIpc) is 2.30. The van der Waals surface area contributed by atoms with Crippen molar-refractivity contribution in [2.45, 2.75) is 52.5 Å². The van der Waals surface area contributed by atoms with Gasteiger partial charge in [0.2, 0.25) is 11.8 Å². The number of nitrogens with two attached hydrogens (primary N) is 2. The molecule has 0 bridgehead atoms. The molecule has 0 aliphatic carbocycles. The van der Waals surface area contributed by atoms with Crippen molar-refractivity contribution in [3.63, 3.8) is 0 Å². The highest BCUT2D eigenvalue weighted by Crippen LogP contribution is 2.14. The smallest absolute Gasteiger partial charge is 0.240 e. The van der Waals surface area contributed by atoms with Crippen LogP contribution in [0.3, 0.4) is 0 Å². The summed E-state index contributed by atoms with van der Waals surface area (Å²) in [4.78, 5) is 22.9. The molecule has 2 amide bonds. The van der Waals surface area contributed by atoms with Gasteiger partial charge in [0, 0.05) is 6.42 Å². The van der Waals surface area contributed by atoms with Crippen molar-refractivity contribution in [2.75, 3.05) is 6.54 Å². The molecular weight excluding hydrogens is 230 g/mol. The largest absolute Gasteiger partial charge is 0.368 e. The van der Waals surface area contributed by atoms with E-state index >= 15 is 0 Å². The van der Waals surface area contributed by atoms with Crippen LogP contribution < -0.4 is 16.8 Å². The topological polar surface area (TPSA) is 98.2 Å². The zero-order valence-electron chi connectivity index (χ0n) is 11.7. The molecule has 0 radical (unpaired) electrons. The lowest BCUT2D eigenvalue weighted by Crippen LogP contribution is -2.47. The van der Waals surface area contributed by atoms with E-state index in [4.69, 9.17) is 11.5 Å². The summed E-state index contributed by atoms with van der Waals surface area (Å²) in [5.74, 6) is -0.0976. The van der Waals surface area contributed by atoms with E-state index in [1.54, 1.807) is 0 Å². The standard InChI is InChI=1S/C13H27N3O2/c1-4-10(7-8-14)5-6-11(17)16-12(9(2)3)13(15)18/h9-10,12H,4-8,14H2,1-3H3,(H2,15,18)(H,16,17). The maximum atomic E-state index is 11.7. The van der Waals surface area contributed by atoms with Crippen molar-refractivity contribution in [2.24, 2.45) is 23.3 Å². The van der Waals surface area contributed by atoms with E-state index in [9.17, 15) is 9.59 Å². The Morgan fingerprint density at radius 3 is 2.22 bits per heavy atom. The summed E-state index contributed by atoms with van der Waals surface area (Å²) in [5.41, 5.74) is 10.8. The van der Waals surface area contributed by atoms with Gasteiger partial charge in [-0.25, -0.2) is 0 Å². The molecule has 0 rings (SSSR count). The Bertz CT molecular complexity index is 267. The molecule has 0 heterocycles. The van der Waals surface area contributed by atoms with Gasteiger partial charge in [0.05, 0.1) is 0 Å². The number of rotatable bonds is 9. The predicted octanol–water partition coefficient (Wildman–Crippen LogP) is 0.768. The Kier molecular flexibility index (Phi) is 8.37. The third-order valence-electron chi connectivity index (χ3n) is 3.22. The molecule has 0 spiro atoms. The van der Waals surface area contributed by atoms with E-state index in [0.29, 0.717) is 18.9 Å². The van der Waals surface area contributed by atoms with E-state index in [0.717, 1.165) is 19.3 Å². The monoisotopic (exact) mass is 257 g/mol. The third kappa shape index (κ3) is 6.59. The number of carbonyl (C=O) groups excluding carboxylic acids is 2. The predicted molar refractivity (Wildman–Crippen MR) is 72.6 cm³/mol. The zero-order chi connectivity index (χ0) is 14.1. The van der Waals surface area contributed by atoms with Crippen molar-refractivity contribution < 1.29 is 9.59 Å². The van der Waals surface area contributed by atoms with Crippen molar-refractivity contribution in [1.29, 1.82) is 0 Å². The number of primary amides is 1. The molecule has 0 saturated carbocycles. The SMILES string of the molecule is CCC(CCN)CCC(=O)NC(C(N)=O)C(C)C. The van der Waals surface area contributed by atoms with Crippen LogP contribution >= 0.6 is 0 Å². The minimum absolute atomic E-state index is 0.0115. The number of amides is 2. The minimum atomic E-state index is -0.577. The van der Waals surface area contributed by atoms with Gasteiger partial charge < -0.3 is 16.8 Å². The summed E-state index contributed by atoms with van der Waals surface area (Å²) in [7, 11) is 0. The number of hydrogen-bond acceptors (Lipinski definition) is 3. The van der Waals surface area contributed by atoms with Gasteiger partial charge in [-0.1, -0.05) is 27.2 Å². The number of nitrogens with one attached hydrogen (secondary N) is 1. The Labute approximate surface area is 110 Å². The molecule has 5 N–H and O–H groups in total. The molecule has 5 nitrogen and oxygen atoms in total. The molecule has 0 saturated heterocycles. The zero-order valence-corrected chi connectivity index (χ0v) is 11.7. The quantitative estimate of drug-likeness (QED) is 0.569. The second-order valence-electron chi connectivity index (χ2n) is 5.08. The lowest BCUT2D eigenvalue weighted by Gasteiger charge is -2.20. The normalized spacial score (nSPS) is 14.3. The van der Waals surface area contributed by atoms with Gasteiger partial charge in [0.25, 0.3) is 0 Å². The summed E-state index contributed by atoms with van der Waals surface area (Å²) < 4.78 is 0. The van der Waals surface area contributed by atoms with Crippen LogP contribution in [0.1, 0.15) is 46.5 Å². The summed E-state index contributed by atoms with van der Waals surface area (Å²) in [6.45, 7) is 6.46. The van der Waals surface area contributed by atoms with E-state index in [2.05, 4.69) is 12.2 Å². The third-order valence-corrected chi connectivity index (χ3v) is 3.22. The number of carbonyl (C=O) groups is 2. The molecule has 0 aromatic rings. The summed E-state index contributed by atoms with van der Waals surface area (Å²) in [6, 6.07) is -0.577. The fourth-order valence-electron chi connectivity index (χ4n) is 1.94. The molecule has 0 aromatic heterocycles. The average molecular weight is 257 g/mol. The molecule has 106 valence electrons. The van der Waals surface area contributed by atoms with E-state index in [-0.39, 0.29) is 11.8 Å². The van der Waals surface area contributed by atoms with Gasteiger partial charge in [-0.15, -0.1) is 0 Å². The van der Waals surface area contributed by atoms with Crippen molar-refractivity contribution in [1.82, 2.24) is 5.32 Å². The molecule has 0 aliphatic rings. The number of hydrogen-bond donors (Lipinski definition) is 3. The lowest BCUT2D eigenvalue weighted by molar-refractivity contribution is -0.128. The van der Waals surface area contributed by atoms with Gasteiger partial charge in [0.1, 0.15) is 6.04 Å². The second kappa shape index (κ2) is 8.91. The fraction of sp³-hybridized carbons (Fsp3) is 0.846. The molecule has 0 aromatic carbocycles. The highest BCUT2D eigenvalue weighted by molar-refractivity contribution is 5.86. The molecule has 0 aliphatic heterocycles. The maximum Gasteiger partial charge on any atom is 0.240 e. The first-order valence-electron chi connectivity index (χ1n) is 6.71. The van der Waals surface area contributed by atoms with Crippen LogP contribution in [0.4, 0.5) is 0 Å². The summed E-state index contributed by atoms with van der Waals surface area (Å²) >= 11 is 0. The molecule has 2 unspecified atom stereocenters. The Balaban J connectivity index is 4.13. The second-order valence-corrected chi connectivity index (χ2v) is 5.08. The first-order chi connectivity index (χ1) is 8.42. The van der Waals surface area contributed by atoms with E-state index < -0.39 is 11.9 Å². The van der Waals surface area contributed by atoms with Gasteiger partial charge in [-0.3, -0.25) is 9.59 Å². The van der Waals surface area contributed by atoms with Crippen molar-refractivity contribution >= 4 is 11.8 Å². The van der Waals surface area contributed by atoms with E-state index in [1.807, 2.05) is 13.8 Å². The Hall–Kier alpha value is -1.10. The van der Waals surface area contributed by atoms with Gasteiger partial charge >= 0.3 is 0 Å². The van der Waals surface area contributed by atoms with Crippen LogP contribution in [0.2, 0.25) is 0 Å². The van der Waals surface area contributed by atoms with Gasteiger partial charge in [0.15, 0.2) is 0 Å².